The van der Waals surface area contributed by atoms with Crippen LogP contribution in [-0.4, -0.2) is 25.5 Å². The Balaban J connectivity index is 1.80. The third kappa shape index (κ3) is 5.06. The van der Waals surface area contributed by atoms with Crippen molar-refractivity contribution < 1.29 is 26.7 Å². The summed E-state index contributed by atoms with van der Waals surface area (Å²) in [5.41, 5.74) is -1.48. The summed E-state index contributed by atoms with van der Waals surface area (Å²) in [4.78, 5) is 12.5. The maximum atomic E-state index is 14.0. The smallest absolute Gasteiger partial charge is 0.282 e. The molecule has 0 radical (unpaired) electrons. The SMILES string of the molecule is CC(C(=O)Nc1nn(Cc2c(F)cccc2Cl)cc1Br)n1nc(C(F)F)cc1C(F)F. The molecule has 0 spiro atoms. The maximum absolute atomic E-state index is 14.0. The molecule has 0 aliphatic heterocycles. The van der Waals surface area contributed by atoms with E-state index in [0.29, 0.717) is 15.2 Å². The van der Waals surface area contributed by atoms with Crippen molar-refractivity contribution in [3.05, 3.63) is 62.7 Å². The van der Waals surface area contributed by atoms with Crippen LogP contribution in [-0.2, 0) is 11.3 Å². The highest BCUT2D eigenvalue weighted by Gasteiger charge is 2.27. The number of nitrogens with one attached hydrogen (secondary N) is 1. The number of nitrogens with zero attached hydrogens (tertiary/aromatic N) is 4. The Kier molecular flexibility index (Phi) is 6.99. The van der Waals surface area contributed by atoms with E-state index < -0.39 is 42.0 Å². The van der Waals surface area contributed by atoms with Crippen molar-refractivity contribution in [1.29, 1.82) is 0 Å². The first-order valence-corrected chi connectivity index (χ1v) is 9.88. The van der Waals surface area contributed by atoms with Crippen LogP contribution in [0, 0.1) is 5.82 Å². The Labute approximate surface area is 186 Å². The molecular weight excluding hydrogens is 513 g/mol. The van der Waals surface area contributed by atoms with Gasteiger partial charge in [-0.15, -0.1) is 0 Å². The Morgan fingerprint density at radius 2 is 1.94 bits per heavy atom. The Hall–Kier alpha value is -2.47. The molecule has 3 aromatic rings. The van der Waals surface area contributed by atoms with E-state index in [0.717, 1.165) is 0 Å². The molecule has 2 aromatic heterocycles. The Morgan fingerprint density at radius 3 is 2.55 bits per heavy atom. The molecule has 1 amide bonds. The first kappa shape index (κ1) is 23.2. The van der Waals surface area contributed by atoms with E-state index in [1.54, 1.807) is 0 Å². The number of carbonyl (C=O) groups is 1. The molecule has 3 rings (SSSR count). The summed E-state index contributed by atoms with van der Waals surface area (Å²) in [5, 5.41) is 10.1. The summed E-state index contributed by atoms with van der Waals surface area (Å²) in [6.45, 7) is 1.19. The highest BCUT2D eigenvalue weighted by Crippen LogP contribution is 2.29. The summed E-state index contributed by atoms with van der Waals surface area (Å²) < 4.78 is 68.2. The van der Waals surface area contributed by atoms with Crippen molar-refractivity contribution in [1.82, 2.24) is 19.6 Å². The molecule has 0 bridgehead atoms. The zero-order valence-electron chi connectivity index (χ0n) is 15.7. The fraction of sp³-hybridized carbons (Fsp3) is 0.278. The number of benzene rings is 1. The summed E-state index contributed by atoms with van der Waals surface area (Å²) in [6, 6.07) is 3.43. The number of alkyl halides is 4. The van der Waals surface area contributed by atoms with Gasteiger partial charge in [0.15, 0.2) is 5.82 Å². The van der Waals surface area contributed by atoms with Crippen molar-refractivity contribution in [2.45, 2.75) is 32.4 Å². The van der Waals surface area contributed by atoms with Crippen LogP contribution in [0.25, 0.3) is 0 Å². The van der Waals surface area contributed by atoms with Crippen molar-refractivity contribution in [2.75, 3.05) is 5.32 Å². The number of aromatic nitrogens is 4. The average molecular weight is 527 g/mol. The second-order valence-corrected chi connectivity index (χ2v) is 7.69. The molecule has 0 saturated heterocycles. The number of amides is 1. The lowest BCUT2D eigenvalue weighted by atomic mass is 10.2. The Bertz CT molecular complexity index is 1080. The highest BCUT2D eigenvalue weighted by molar-refractivity contribution is 9.10. The van der Waals surface area contributed by atoms with Crippen LogP contribution >= 0.6 is 27.5 Å². The maximum Gasteiger partial charge on any atom is 0.282 e. The van der Waals surface area contributed by atoms with Gasteiger partial charge in [-0.2, -0.15) is 10.2 Å². The van der Waals surface area contributed by atoms with Crippen molar-refractivity contribution in [3.63, 3.8) is 0 Å². The van der Waals surface area contributed by atoms with E-state index >= 15 is 0 Å². The van der Waals surface area contributed by atoms with Gasteiger partial charge in [0, 0.05) is 16.8 Å². The third-order valence-electron chi connectivity index (χ3n) is 4.32. The second-order valence-electron chi connectivity index (χ2n) is 6.43. The standard InChI is InChI=1S/C18H14BrClF5N5O/c1-8(30-14(16(24)25)5-13(27-30)15(22)23)18(31)26-17-10(19)7-29(28-17)6-9-11(20)3-2-4-12(9)21/h2-5,7-8,15-16H,6H2,1H3,(H,26,28,31). The molecule has 1 unspecified atom stereocenters. The predicted octanol–water partition coefficient (Wildman–Crippen LogP) is 5.76. The van der Waals surface area contributed by atoms with Gasteiger partial charge in [-0.25, -0.2) is 22.0 Å². The number of hydrogen-bond donors (Lipinski definition) is 1. The van der Waals surface area contributed by atoms with E-state index in [-0.39, 0.29) is 22.9 Å². The average Bonchev–Trinajstić information content (AvgIpc) is 3.28. The lowest BCUT2D eigenvalue weighted by Gasteiger charge is -2.14. The number of halogens is 7. The predicted molar refractivity (Wildman–Crippen MR) is 106 cm³/mol. The number of anilines is 1. The highest BCUT2D eigenvalue weighted by atomic mass is 79.9. The topological polar surface area (TPSA) is 64.7 Å². The fourth-order valence-corrected chi connectivity index (χ4v) is 3.39. The van der Waals surface area contributed by atoms with E-state index in [2.05, 4.69) is 31.4 Å². The molecule has 1 N–H and O–H groups in total. The van der Waals surface area contributed by atoms with Gasteiger partial charge in [0.2, 0.25) is 5.91 Å². The molecule has 13 heteroatoms. The zero-order chi connectivity index (χ0) is 22.9. The van der Waals surface area contributed by atoms with E-state index in [1.165, 1.54) is 36.0 Å². The van der Waals surface area contributed by atoms with Crippen molar-refractivity contribution in [3.8, 4) is 0 Å². The minimum Gasteiger partial charge on any atom is -0.306 e. The van der Waals surface area contributed by atoms with Crippen LogP contribution < -0.4 is 5.32 Å². The summed E-state index contributed by atoms with van der Waals surface area (Å²) in [6.07, 6.45) is -4.72. The van der Waals surface area contributed by atoms with Crippen LogP contribution in [0.2, 0.25) is 5.02 Å². The molecule has 31 heavy (non-hydrogen) atoms. The summed E-state index contributed by atoms with van der Waals surface area (Å²) >= 11 is 9.19. The zero-order valence-corrected chi connectivity index (χ0v) is 18.0. The van der Waals surface area contributed by atoms with Gasteiger partial charge in [0.25, 0.3) is 12.9 Å². The summed E-state index contributed by atoms with van der Waals surface area (Å²) in [5.74, 6) is -1.34. The normalized spacial score (nSPS) is 12.6. The van der Waals surface area contributed by atoms with E-state index in [4.69, 9.17) is 11.6 Å². The van der Waals surface area contributed by atoms with Crippen LogP contribution in [0.3, 0.4) is 0 Å². The minimum atomic E-state index is -3.10. The molecule has 0 fully saturated rings. The largest absolute Gasteiger partial charge is 0.306 e. The molecule has 166 valence electrons. The van der Waals surface area contributed by atoms with Gasteiger partial charge in [-0.1, -0.05) is 17.7 Å². The van der Waals surface area contributed by atoms with Gasteiger partial charge in [-0.3, -0.25) is 14.2 Å². The molecule has 1 atom stereocenters. The molecule has 0 aliphatic rings. The van der Waals surface area contributed by atoms with Gasteiger partial charge in [-0.05, 0) is 41.1 Å². The van der Waals surface area contributed by atoms with Gasteiger partial charge < -0.3 is 5.32 Å². The van der Waals surface area contributed by atoms with Crippen molar-refractivity contribution in [2.24, 2.45) is 0 Å². The second kappa shape index (κ2) is 9.35. The van der Waals surface area contributed by atoms with Crippen molar-refractivity contribution >= 4 is 39.3 Å². The monoisotopic (exact) mass is 525 g/mol. The lowest BCUT2D eigenvalue weighted by molar-refractivity contribution is -0.119. The van der Waals surface area contributed by atoms with Crippen LogP contribution in [0.1, 0.15) is 42.8 Å². The number of rotatable bonds is 7. The van der Waals surface area contributed by atoms with Crippen LogP contribution in [0.5, 0.6) is 0 Å². The molecule has 0 saturated carbocycles. The first-order valence-electron chi connectivity index (χ1n) is 8.70. The quantitative estimate of drug-likeness (QED) is 0.398. The van der Waals surface area contributed by atoms with Gasteiger partial charge in [0.1, 0.15) is 23.2 Å². The molecule has 0 aliphatic carbocycles. The Morgan fingerprint density at radius 1 is 1.23 bits per heavy atom. The van der Waals surface area contributed by atoms with Crippen LogP contribution in [0.4, 0.5) is 27.8 Å². The van der Waals surface area contributed by atoms with Gasteiger partial charge >= 0.3 is 0 Å². The minimum absolute atomic E-state index is 0.0177. The molecule has 1 aromatic carbocycles. The summed E-state index contributed by atoms with van der Waals surface area (Å²) in [7, 11) is 0. The van der Waals surface area contributed by atoms with E-state index in [1.807, 2.05) is 0 Å². The molecular formula is C18H14BrClF5N5O. The molecule has 6 nitrogen and oxygen atoms in total. The molecule has 2 heterocycles. The number of hydrogen-bond acceptors (Lipinski definition) is 3. The number of carbonyl (C=O) groups excluding carboxylic acids is 1. The van der Waals surface area contributed by atoms with E-state index in [9.17, 15) is 26.7 Å². The third-order valence-corrected chi connectivity index (χ3v) is 5.25. The van der Waals surface area contributed by atoms with Crippen LogP contribution in [0.15, 0.2) is 34.9 Å². The fourth-order valence-electron chi connectivity index (χ4n) is 2.75. The van der Waals surface area contributed by atoms with Gasteiger partial charge in [0.05, 0.1) is 11.0 Å². The first-order chi connectivity index (χ1) is 14.6. The lowest BCUT2D eigenvalue weighted by Crippen LogP contribution is -2.26.